The summed E-state index contributed by atoms with van der Waals surface area (Å²) in [4.78, 5) is 12.5. The lowest BCUT2D eigenvalue weighted by molar-refractivity contribution is 0.0954. The van der Waals surface area contributed by atoms with Crippen LogP contribution in [0.4, 0.5) is 0 Å². The SMILES string of the molecule is CCc1nnsc1C(=O)NCCCOc1ccccc1. The average molecular weight is 291 g/mol. The van der Waals surface area contributed by atoms with Gasteiger partial charge in [0.25, 0.3) is 5.91 Å². The maximum atomic E-state index is 11.9. The highest BCUT2D eigenvalue weighted by atomic mass is 32.1. The van der Waals surface area contributed by atoms with E-state index < -0.39 is 0 Å². The van der Waals surface area contributed by atoms with Crippen molar-refractivity contribution in [3.05, 3.63) is 40.9 Å². The zero-order valence-electron chi connectivity index (χ0n) is 11.3. The Hall–Kier alpha value is -1.95. The van der Waals surface area contributed by atoms with E-state index in [4.69, 9.17) is 4.74 Å². The zero-order valence-corrected chi connectivity index (χ0v) is 12.2. The lowest BCUT2D eigenvalue weighted by atomic mass is 10.3. The number of hydrogen-bond donors (Lipinski definition) is 1. The van der Waals surface area contributed by atoms with E-state index in [-0.39, 0.29) is 5.91 Å². The minimum atomic E-state index is -0.100. The second kappa shape index (κ2) is 7.59. The first-order valence-electron chi connectivity index (χ1n) is 6.58. The Kier molecular flexibility index (Phi) is 5.49. The van der Waals surface area contributed by atoms with Crippen LogP contribution >= 0.6 is 11.5 Å². The van der Waals surface area contributed by atoms with Gasteiger partial charge in [-0.3, -0.25) is 4.79 Å². The molecule has 2 aromatic rings. The van der Waals surface area contributed by atoms with Crippen LogP contribution in [0.25, 0.3) is 0 Å². The van der Waals surface area contributed by atoms with Gasteiger partial charge in [-0.1, -0.05) is 29.6 Å². The topological polar surface area (TPSA) is 64.1 Å². The summed E-state index contributed by atoms with van der Waals surface area (Å²) < 4.78 is 9.35. The predicted octanol–water partition coefficient (Wildman–Crippen LogP) is 2.30. The number of carbonyl (C=O) groups is 1. The molecule has 1 amide bonds. The molecule has 20 heavy (non-hydrogen) atoms. The number of ether oxygens (including phenoxy) is 1. The molecule has 6 heteroatoms. The second-order valence-electron chi connectivity index (χ2n) is 4.17. The van der Waals surface area contributed by atoms with Crippen molar-refractivity contribution >= 4 is 17.4 Å². The Bertz CT molecular complexity index is 542. The molecule has 0 saturated carbocycles. The van der Waals surface area contributed by atoms with E-state index in [0.29, 0.717) is 18.0 Å². The molecule has 0 aliphatic carbocycles. The average Bonchev–Trinajstić information content (AvgIpc) is 2.96. The number of rotatable bonds is 7. The normalized spacial score (nSPS) is 10.2. The van der Waals surface area contributed by atoms with Gasteiger partial charge in [-0.05, 0) is 36.5 Å². The van der Waals surface area contributed by atoms with Gasteiger partial charge in [-0.2, -0.15) is 0 Å². The van der Waals surface area contributed by atoms with Gasteiger partial charge >= 0.3 is 0 Å². The van der Waals surface area contributed by atoms with Gasteiger partial charge in [0.1, 0.15) is 10.6 Å². The highest BCUT2D eigenvalue weighted by molar-refractivity contribution is 7.08. The van der Waals surface area contributed by atoms with Crippen molar-refractivity contribution in [2.45, 2.75) is 19.8 Å². The zero-order chi connectivity index (χ0) is 14.2. The molecule has 0 bridgehead atoms. The fourth-order valence-corrected chi connectivity index (χ4v) is 2.34. The number of hydrogen-bond acceptors (Lipinski definition) is 5. The molecular weight excluding hydrogens is 274 g/mol. The third-order valence-corrected chi connectivity index (χ3v) is 3.48. The number of nitrogens with one attached hydrogen (secondary N) is 1. The highest BCUT2D eigenvalue weighted by Gasteiger charge is 2.13. The summed E-state index contributed by atoms with van der Waals surface area (Å²) in [6.45, 7) is 3.11. The van der Waals surface area contributed by atoms with Crippen molar-refractivity contribution in [1.82, 2.24) is 14.9 Å². The minimum absolute atomic E-state index is 0.100. The molecule has 1 N–H and O–H groups in total. The molecular formula is C14H17N3O2S. The smallest absolute Gasteiger partial charge is 0.264 e. The minimum Gasteiger partial charge on any atom is -0.494 e. The van der Waals surface area contributed by atoms with Crippen LogP contribution in [0, 0.1) is 0 Å². The Morgan fingerprint density at radius 2 is 2.15 bits per heavy atom. The largest absolute Gasteiger partial charge is 0.494 e. The number of nitrogens with zero attached hydrogens (tertiary/aromatic N) is 2. The van der Waals surface area contributed by atoms with E-state index >= 15 is 0 Å². The van der Waals surface area contributed by atoms with Gasteiger partial charge in [0, 0.05) is 6.54 Å². The van der Waals surface area contributed by atoms with E-state index in [1.807, 2.05) is 37.3 Å². The van der Waals surface area contributed by atoms with Gasteiger partial charge in [0.05, 0.1) is 12.3 Å². The Morgan fingerprint density at radius 3 is 2.90 bits per heavy atom. The summed E-state index contributed by atoms with van der Waals surface area (Å²) >= 11 is 1.14. The first-order valence-corrected chi connectivity index (χ1v) is 7.36. The number of benzene rings is 1. The highest BCUT2D eigenvalue weighted by Crippen LogP contribution is 2.11. The van der Waals surface area contributed by atoms with Crippen molar-refractivity contribution in [2.75, 3.05) is 13.2 Å². The summed E-state index contributed by atoms with van der Waals surface area (Å²) in [6, 6.07) is 9.63. The molecule has 1 aromatic heterocycles. The second-order valence-corrected chi connectivity index (χ2v) is 4.93. The fourth-order valence-electron chi connectivity index (χ4n) is 1.67. The number of para-hydroxylation sites is 1. The third-order valence-electron chi connectivity index (χ3n) is 2.72. The third kappa shape index (κ3) is 4.03. The molecule has 0 aliphatic heterocycles. The van der Waals surface area contributed by atoms with Crippen LogP contribution in [0.5, 0.6) is 5.75 Å². The van der Waals surface area contributed by atoms with Crippen LogP contribution in [-0.2, 0) is 6.42 Å². The van der Waals surface area contributed by atoms with Crippen molar-refractivity contribution in [3.8, 4) is 5.75 Å². The van der Waals surface area contributed by atoms with E-state index in [0.717, 1.165) is 35.8 Å². The van der Waals surface area contributed by atoms with E-state index in [9.17, 15) is 4.79 Å². The van der Waals surface area contributed by atoms with Gasteiger partial charge in [-0.25, -0.2) is 0 Å². The van der Waals surface area contributed by atoms with Gasteiger partial charge in [0.2, 0.25) is 0 Å². The standard InChI is InChI=1S/C14H17N3O2S/c1-2-12-13(20-17-16-12)14(18)15-9-6-10-19-11-7-4-3-5-8-11/h3-5,7-8H,2,6,9-10H2,1H3,(H,15,18). The van der Waals surface area contributed by atoms with Crippen molar-refractivity contribution in [1.29, 1.82) is 0 Å². The molecule has 0 radical (unpaired) electrons. The summed E-state index contributed by atoms with van der Waals surface area (Å²) in [5.41, 5.74) is 0.757. The predicted molar refractivity (Wildman–Crippen MR) is 78.2 cm³/mol. The van der Waals surface area contributed by atoms with Crippen LogP contribution in [0.1, 0.15) is 28.7 Å². The van der Waals surface area contributed by atoms with Crippen LogP contribution < -0.4 is 10.1 Å². The molecule has 0 unspecified atom stereocenters. The van der Waals surface area contributed by atoms with Crippen molar-refractivity contribution < 1.29 is 9.53 Å². The molecule has 0 atom stereocenters. The van der Waals surface area contributed by atoms with Crippen LogP contribution in [0.2, 0.25) is 0 Å². The Morgan fingerprint density at radius 1 is 1.35 bits per heavy atom. The quantitative estimate of drug-likeness (QED) is 0.795. The summed E-state index contributed by atoms with van der Waals surface area (Å²) in [6.07, 6.45) is 1.48. The lowest BCUT2D eigenvalue weighted by Crippen LogP contribution is -2.25. The van der Waals surface area contributed by atoms with Crippen LogP contribution in [0.3, 0.4) is 0 Å². The first kappa shape index (κ1) is 14.5. The van der Waals surface area contributed by atoms with Gasteiger partial charge in [-0.15, -0.1) is 5.10 Å². The maximum Gasteiger partial charge on any atom is 0.264 e. The van der Waals surface area contributed by atoms with E-state index in [1.54, 1.807) is 0 Å². The van der Waals surface area contributed by atoms with Gasteiger partial charge in [0.15, 0.2) is 0 Å². The number of aromatic nitrogens is 2. The molecule has 0 aliphatic rings. The van der Waals surface area contributed by atoms with E-state index in [2.05, 4.69) is 14.9 Å². The Balaban J connectivity index is 1.67. The molecule has 1 heterocycles. The van der Waals surface area contributed by atoms with Crippen LogP contribution in [0.15, 0.2) is 30.3 Å². The molecule has 2 rings (SSSR count). The van der Waals surface area contributed by atoms with Gasteiger partial charge < -0.3 is 10.1 Å². The molecule has 5 nitrogen and oxygen atoms in total. The monoisotopic (exact) mass is 291 g/mol. The molecule has 1 aromatic carbocycles. The van der Waals surface area contributed by atoms with Crippen molar-refractivity contribution in [2.24, 2.45) is 0 Å². The maximum absolute atomic E-state index is 11.9. The molecule has 0 spiro atoms. The van der Waals surface area contributed by atoms with Crippen LogP contribution in [-0.4, -0.2) is 28.6 Å². The number of carbonyl (C=O) groups excluding carboxylic acids is 1. The summed E-state index contributed by atoms with van der Waals surface area (Å²) in [5.74, 6) is 0.746. The number of amides is 1. The molecule has 106 valence electrons. The fraction of sp³-hybridized carbons (Fsp3) is 0.357. The van der Waals surface area contributed by atoms with E-state index in [1.165, 1.54) is 0 Å². The lowest BCUT2D eigenvalue weighted by Gasteiger charge is -2.06. The summed E-state index contributed by atoms with van der Waals surface area (Å²) in [7, 11) is 0. The summed E-state index contributed by atoms with van der Waals surface area (Å²) in [5, 5.41) is 6.78. The number of aryl methyl sites for hydroxylation is 1. The first-order chi connectivity index (χ1) is 9.81. The van der Waals surface area contributed by atoms with Crippen molar-refractivity contribution in [3.63, 3.8) is 0 Å². The Labute approximate surface area is 122 Å². The molecule has 0 fully saturated rings. The molecule has 0 saturated heterocycles.